The number of H-pyrrole nitrogens is 1. The molecule has 1 amide bonds. The topological polar surface area (TPSA) is 90.9 Å². The Balaban J connectivity index is 1.75. The number of nitrogens with one attached hydrogen (secondary N) is 2. The van der Waals surface area contributed by atoms with E-state index in [0.29, 0.717) is 22.5 Å². The van der Waals surface area contributed by atoms with Crippen molar-refractivity contribution in [1.82, 2.24) is 15.2 Å². The summed E-state index contributed by atoms with van der Waals surface area (Å²) in [6, 6.07) is 17.2. The van der Waals surface area contributed by atoms with Crippen LogP contribution in [0.3, 0.4) is 0 Å². The lowest BCUT2D eigenvalue weighted by atomic mass is 9.96. The van der Waals surface area contributed by atoms with Crippen molar-refractivity contribution in [2.75, 3.05) is 5.32 Å². The zero-order valence-electron chi connectivity index (χ0n) is 15.5. The van der Waals surface area contributed by atoms with Gasteiger partial charge in [-0.1, -0.05) is 42.5 Å². The highest BCUT2D eigenvalue weighted by Crippen LogP contribution is 2.39. The number of anilines is 1. The molecule has 7 heteroatoms. The van der Waals surface area contributed by atoms with Gasteiger partial charge in [-0.2, -0.15) is 5.10 Å². The van der Waals surface area contributed by atoms with E-state index in [-0.39, 0.29) is 17.3 Å². The number of rotatable bonds is 4. The van der Waals surface area contributed by atoms with Gasteiger partial charge >= 0.3 is 0 Å². The Morgan fingerprint density at radius 1 is 1.00 bits per heavy atom. The molecule has 1 aromatic heterocycles. The average Bonchev–Trinajstić information content (AvgIpc) is 3.24. The summed E-state index contributed by atoms with van der Waals surface area (Å²) in [5.74, 6) is -0.269. The van der Waals surface area contributed by atoms with Crippen LogP contribution in [0.25, 0.3) is 33.6 Å². The third-order valence-corrected chi connectivity index (χ3v) is 4.49. The number of para-hydroxylation sites is 1. The van der Waals surface area contributed by atoms with E-state index in [1.165, 1.54) is 25.4 Å². The Morgan fingerprint density at radius 3 is 2.34 bits per heavy atom. The lowest BCUT2D eigenvalue weighted by Crippen LogP contribution is -2.07. The second-order valence-electron chi connectivity index (χ2n) is 6.49. The number of aromatic nitrogens is 3. The van der Waals surface area contributed by atoms with Gasteiger partial charge in [-0.15, -0.1) is 0 Å². The molecule has 0 unspecified atom stereocenters. The third-order valence-electron chi connectivity index (χ3n) is 4.49. The Labute approximate surface area is 166 Å². The van der Waals surface area contributed by atoms with Gasteiger partial charge in [0.25, 0.3) is 0 Å². The molecule has 3 N–H and O–H groups in total. The van der Waals surface area contributed by atoms with Crippen molar-refractivity contribution in [1.29, 1.82) is 0 Å². The van der Waals surface area contributed by atoms with Gasteiger partial charge in [-0.05, 0) is 29.3 Å². The predicted molar refractivity (Wildman–Crippen MR) is 109 cm³/mol. The summed E-state index contributed by atoms with van der Waals surface area (Å²) in [4.78, 5) is 15.3. The van der Waals surface area contributed by atoms with E-state index >= 15 is 0 Å². The highest BCUT2D eigenvalue weighted by molar-refractivity contribution is 5.89. The summed E-state index contributed by atoms with van der Waals surface area (Å²) in [6.45, 7) is 1.32. The average molecular weight is 388 g/mol. The molecular weight excluding hydrogens is 371 g/mol. The number of aromatic amines is 1. The first kappa shape index (κ1) is 18.4. The highest BCUT2D eigenvalue weighted by Gasteiger charge is 2.14. The number of hydrogen-bond donors (Lipinski definition) is 3. The fraction of sp³-hybridized carbons (Fsp3) is 0.0455. The second kappa shape index (κ2) is 7.55. The van der Waals surface area contributed by atoms with Crippen LogP contribution in [-0.4, -0.2) is 26.2 Å². The van der Waals surface area contributed by atoms with Crippen molar-refractivity contribution >= 4 is 11.6 Å². The highest BCUT2D eigenvalue weighted by atomic mass is 19.1. The summed E-state index contributed by atoms with van der Waals surface area (Å²) < 4.78 is 14.3. The van der Waals surface area contributed by atoms with E-state index in [4.69, 9.17) is 0 Å². The quantitative estimate of drug-likeness (QED) is 0.476. The molecule has 0 aliphatic carbocycles. The van der Waals surface area contributed by atoms with Crippen LogP contribution in [0, 0.1) is 5.82 Å². The molecule has 0 spiro atoms. The first-order valence-corrected chi connectivity index (χ1v) is 8.88. The minimum atomic E-state index is -0.574. The normalized spacial score (nSPS) is 10.7. The molecule has 0 saturated carbocycles. The van der Waals surface area contributed by atoms with Crippen molar-refractivity contribution in [2.24, 2.45) is 0 Å². The van der Waals surface area contributed by atoms with E-state index in [9.17, 15) is 14.3 Å². The molecule has 0 radical (unpaired) electrons. The lowest BCUT2D eigenvalue weighted by molar-refractivity contribution is -0.114. The van der Waals surface area contributed by atoms with Gasteiger partial charge in [-0.3, -0.25) is 9.89 Å². The Hall–Kier alpha value is -4.00. The van der Waals surface area contributed by atoms with Crippen LogP contribution in [0.1, 0.15) is 6.92 Å². The zero-order valence-corrected chi connectivity index (χ0v) is 15.5. The summed E-state index contributed by atoms with van der Waals surface area (Å²) in [5.41, 5.74) is 3.30. The van der Waals surface area contributed by atoms with Crippen LogP contribution in [0.4, 0.5) is 10.1 Å². The third kappa shape index (κ3) is 3.70. The molecule has 0 atom stereocenters. The van der Waals surface area contributed by atoms with Crippen molar-refractivity contribution in [2.45, 2.75) is 6.92 Å². The molecule has 4 aromatic rings. The second-order valence-corrected chi connectivity index (χ2v) is 6.49. The summed E-state index contributed by atoms with van der Waals surface area (Å²) in [7, 11) is 0. The molecule has 0 aliphatic rings. The van der Waals surface area contributed by atoms with Gasteiger partial charge in [0, 0.05) is 23.6 Å². The van der Waals surface area contributed by atoms with Crippen molar-refractivity contribution in [3.63, 3.8) is 0 Å². The zero-order chi connectivity index (χ0) is 20.4. The van der Waals surface area contributed by atoms with Crippen LogP contribution in [-0.2, 0) is 4.79 Å². The largest absolute Gasteiger partial charge is 0.507 e. The van der Waals surface area contributed by atoms with Gasteiger partial charge < -0.3 is 10.4 Å². The van der Waals surface area contributed by atoms with E-state index in [0.717, 1.165) is 11.1 Å². The number of phenols is 1. The van der Waals surface area contributed by atoms with Gasteiger partial charge in [0.05, 0.1) is 5.69 Å². The first-order chi connectivity index (χ1) is 14.0. The van der Waals surface area contributed by atoms with E-state index in [1.807, 2.05) is 24.3 Å². The summed E-state index contributed by atoms with van der Waals surface area (Å²) in [6.07, 6.45) is 1.43. The van der Waals surface area contributed by atoms with Crippen molar-refractivity contribution in [3.8, 4) is 39.4 Å². The minimum absolute atomic E-state index is 0.0360. The van der Waals surface area contributed by atoms with Crippen LogP contribution in [0.15, 0.2) is 67.0 Å². The Morgan fingerprint density at radius 2 is 1.69 bits per heavy atom. The van der Waals surface area contributed by atoms with Crippen molar-refractivity contribution < 1.29 is 14.3 Å². The molecule has 1 heterocycles. The van der Waals surface area contributed by atoms with Crippen molar-refractivity contribution in [3.05, 3.63) is 72.8 Å². The van der Waals surface area contributed by atoms with Crippen LogP contribution in [0.5, 0.6) is 5.75 Å². The molecule has 3 aromatic carbocycles. The number of aromatic hydroxyl groups is 1. The summed E-state index contributed by atoms with van der Waals surface area (Å²) >= 11 is 0. The number of hydrogen-bond acceptors (Lipinski definition) is 4. The summed E-state index contributed by atoms with van der Waals surface area (Å²) in [5, 5.41) is 20.0. The molecule has 144 valence electrons. The maximum atomic E-state index is 14.3. The monoisotopic (exact) mass is 388 g/mol. The smallest absolute Gasteiger partial charge is 0.221 e. The van der Waals surface area contributed by atoms with Crippen LogP contribution < -0.4 is 5.32 Å². The standard InChI is InChI=1S/C22H17FN4O2/c1-13(28)26-20-9-8-15(11-19(20)23)18-7-3-6-17(21(18)29)14-4-2-5-16(10-14)22-24-12-25-27-22/h2-12,29H,1H3,(H,26,28)(H,24,25,27). The van der Waals surface area contributed by atoms with Gasteiger partial charge in [-0.25, -0.2) is 9.37 Å². The molecule has 4 rings (SSSR count). The fourth-order valence-corrected chi connectivity index (χ4v) is 3.16. The van der Waals surface area contributed by atoms with Crippen LogP contribution >= 0.6 is 0 Å². The molecular formula is C22H17FN4O2. The van der Waals surface area contributed by atoms with Gasteiger partial charge in [0.2, 0.25) is 5.91 Å². The number of carbonyl (C=O) groups excluding carboxylic acids is 1. The minimum Gasteiger partial charge on any atom is -0.507 e. The molecule has 0 aliphatic heterocycles. The van der Waals surface area contributed by atoms with E-state index in [2.05, 4.69) is 20.5 Å². The number of carbonyl (C=O) groups is 1. The molecule has 29 heavy (non-hydrogen) atoms. The van der Waals surface area contributed by atoms with E-state index in [1.54, 1.807) is 24.3 Å². The van der Waals surface area contributed by atoms with Crippen LogP contribution in [0.2, 0.25) is 0 Å². The molecule has 0 bridgehead atoms. The van der Waals surface area contributed by atoms with Gasteiger partial charge in [0.15, 0.2) is 5.82 Å². The maximum absolute atomic E-state index is 14.3. The SMILES string of the molecule is CC(=O)Nc1ccc(-c2cccc(-c3cccc(-c4ncn[nH]4)c3)c2O)cc1F. The molecule has 0 fully saturated rings. The van der Waals surface area contributed by atoms with Gasteiger partial charge in [0.1, 0.15) is 17.9 Å². The maximum Gasteiger partial charge on any atom is 0.221 e. The molecule has 0 saturated heterocycles. The lowest BCUT2D eigenvalue weighted by Gasteiger charge is -2.12. The Kier molecular flexibility index (Phi) is 4.78. The number of benzene rings is 3. The fourth-order valence-electron chi connectivity index (χ4n) is 3.16. The number of phenolic OH excluding ortho intramolecular Hbond substituents is 1. The number of halogens is 1. The first-order valence-electron chi connectivity index (χ1n) is 8.88. The van der Waals surface area contributed by atoms with E-state index < -0.39 is 5.82 Å². The molecule has 6 nitrogen and oxygen atoms in total. The predicted octanol–water partition coefficient (Wildman–Crippen LogP) is 4.61. The number of amides is 1. The Bertz CT molecular complexity index is 1190. The number of nitrogens with zero attached hydrogens (tertiary/aromatic N) is 2.